The zero-order valence-corrected chi connectivity index (χ0v) is 11.8. The molecule has 0 aromatic heterocycles. The second-order valence-corrected chi connectivity index (χ2v) is 5.47. The number of nitrogens with zero attached hydrogens (tertiary/aromatic N) is 1. The minimum atomic E-state index is -0.983. The molecule has 0 aromatic carbocycles. The summed E-state index contributed by atoms with van der Waals surface area (Å²) < 4.78 is 0. The first-order valence-corrected chi connectivity index (χ1v) is 6.98. The Hall–Kier alpha value is -1.30. The average Bonchev–Trinajstić information content (AvgIpc) is 2.80. The normalized spacial score (nSPS) is 17.4. The van der Waals surface area contributed by atoms with Crippen LogP contribution in [-0.4, -0.2) is 54.2 Å². The van der Waals surface area contributed by atoms with Crippen molar-refractivity contribution in [2.45, 2.75) is 39.2 Å². The maximum absolute atomic E-state index is 11.6. The second kappa shape index (κ2) is 7.99. The maximum atomic E-state index is 11.6. The summed E-state index contributed by atoms with van der Waals surface area (Å²) in [5, 5.41) is 14.2. The van der Waals surface area contributed by atoms with Gasteiger partial charge >= 0.3 is 12.0 Å². The van der Waals surface area contributed by atoms with Crippen LogP contribution in [0.1, 0.15) is 33.1 Å². The standard InChI is InChI=1S/C13H25N3O3/c1-10(2)9-11(12(17)18)15-13(19)14-5-8-16-6-3-4-7-16/h10-11H,3-9H2,1-2H3,(H,17,18)(H2,14,15,19). The van der Waals surface area contributed by atoms with Gasteiger partial charge in [0.05, 0.1) is 0 Å². The lowest BCUT2D eigenvalue weighted by Crippen LogP contribution is -2.47. The van der Waals surface area contributed by atoms with Crippen LogP contribution in [0, 0.1) is 5.92 Å². The maximum Gasteiger partial charge on any atom is 0.326 e. The first kappa shape index (κ1) is 15.8. The summed E-state index contributed by atoms with van der Waals surface area (Å²) in [4.78, 5) is 24.9. The Morgan fingerprint density at radius 1 is 1.26 bits per heavy atom. The number of hydrogen-bond acceptors (Lipinski definition) is 3. The van der Waals surface area contributed by atoms with Gasteiger partial charge < -0.3 is 20.6 Å². The van der Waals surface area contributed by atoms with Gasteiger partial charge in [-0.3, -0.25) is 0 Å². The van der Waals surface area contributed by atoms with Crippen LogP contribution >= 0.6 is 0 Å². The van der Waals surface area contributed by atoms with Crippen LogP contribution in [0.5, 0.6) is 0 Å². The summed E-state index contributed by atoms with van der Waals surface area (Å²) in [5.74, 6) is -0.755. The van der Waals surface area contributed by atoms with Crippen LogP contribution in [0.2, 0.25) is 0 Å². The molecule has 1 aliphatic heterocycles. The third-order valence-corrected chi connectivity index (χ3v) is 3.22. The van der Waals surface area contributed by atoms with Crippen LogP contribution in [0.4, 0.5) is 4.79 Å². The van der Waals surface area contributed by atoms with E-state index >= 15 is 0 Å². The van der Waals surface area contributed by atoms with Crippen molar-refractivity contribution >= 4 is 12.0 Å². The third-order valence-electron chi connectivity index (χ3n) is 3.22. The number of hydrogen-bond donors (Lipinski definition) is 3. The fraction of sp³-hybridized carbons (Fsp3) is 0.846. The van der Waals surface area contributed by atoms with Crippen LogP contribution in [0.3, 0.4) is 0 Å². The molecule has 110 valence electrons. The summed E-state index contributed by atoms with van der Waals surface area (Å²) in [5.41, 5.74) is 0. The average molecular weight is 271 g/mol. The quantitative estimate of drug-likeness (QED) is 0.642. The van der Waals surface area contributed by atoms with E-state index in [1.165, 1.54) is 12.8 Å². The van der Waals surface area contributed by atoms with E-state index in [-0.39, 0.29) is 5.92 Å². The second-order valence-electron chi connectivity index (χ2n) is 5.47. The van der Waals surface area contributed by atoms with E-state index in [9.17, 15) is 9.59 Å². The van der Waals surface area contributed by atoms with Crippen LogP contribution in [-0.2, 0) is 4.79 Å². The molecule has 0 spiro atoms. The van der Waals surface area contributed by atoms with Crippen LogP contribution in [0.15, 0.2) is 0 Å². The lowest BCUT2D eigenvalue weighted by Gasteiger charge is -2.18. The molecule has 0 aromatic rings. The number of carboxylic acids is 1. The first-order chi connectivity index (χ1) is 8.99. The molecule has 1 atom stereocenters. The van der Waals surface area contributed by atoms with Gasteiger partial charge in [0.15, 0.2) is 0 Å². The van der Waals surface area contributed by atoms with E-state index in [1.807, 2.05) is 13.8 Å². The number of carboxylic acid groups (broad SMARTS) is 1. The molecule has 1 aliphatic rings. The van der Waals surface area contributed by atoms with Crippen molar-refractivity contribution in [2.75, 3.05) is 26.2 Å². The van der Waals surface area contributed by atoms with Crippen LogP contribution < -0.4 is 10.6 Å². The molecule has 19 heavy (non-hydrogen) atoms. The topological polar surface area (TPSA) is 81.7 Å². The summed E-state index contributed by atoms with van der Waals surface area (Å²) in [6.45, 7) is 7.43. The fourth-order valence-corrected chi connectivity index (χ4v) is 2.24. The monoisotopic (exact) mass is 271 g/mol. The predicted molar refractivity (Wildman–Crippen MR) is 73.1 cm³/mol. The Labute approximate surface area is 114 Å². The van der Waals surface area contributed by atoms with Gasteiger partial charge in [-0.25, -0.2) is 9.59 Å². The lowest BCUT2D eigenvalue weighted by atomic mass is 10.0. The van der Waals surface area contributed by atoms with Gasteiger partial charge in [0.25, 0.3) is 0 Å². The minimum absolute atomic E-state index is 0.228. The smallest absolute Gasteiger partial charge is 0.326 e. The molecular formula is C13H25N3O3. The Bertz CT molecular complexity index is 302. The molecule has 1 rings (SSSR count). The summed E-state index contributed by atoms with van der Waals surface area (Å²) >= 11 is 0. The molecule has 0 aliphatic carbocycles. The summed E-state index contributed by atoms with van der Waals surface area (Å²) in [6, 6.07) is -1.21. The number of amides is 2. The van der Waals surface area contributed by atoms with E-state index in [0.29, 0.717) is 13.0 Å². The van der Waals surface area contributed by atoms with Crippen molar-refractivity contribution < 1.29 is 14.7 Å². The van der Waals surface area contributed by atoms with Gasteiger partial charge in [-0.1, -0.05) is 13.8 Å². The number of carbonyl (C=O) groups is 2. The molecule has 6 heteroatoms. The Morgan fingerprint density at radius 3 is 2.42 bits per heavy atom. The molecule has 3 N–H and O–H groups in total. The van der Waals surface area contributed by atoms with Crippen molar-refractivity contribution in [1.82, 2.24) is 15.5 Å². The van der Waals surface area contributed by atoms with Crippen molar-refractivity contribution in [2.24, 2.45) is 5.92 Å². The van der Waals surface area contributed by atoms with E-state index < -0.39 is 18.0 Å². The van der Waals surface area contributed by atoms with Gasteiger partial charge in [0.1, 0.15) is 6.04 Å². The first-order valence-electron chi connectivity index (χ1n) is 6.98. The summed E-state index contributed by atoms with van der Waals surface area (Å²) in [7, 11) is 0. The van der Waals surface area contributed by atoms with Crippen molar-refractivity contribution in [3.63, 3.8) is 0 Å². The summed E-state index contributed by atoms with van der Waals surface area (Å²) in [6.07, 6.45) is 2.89. The molecule has 1 fully saturated rings. The number of carbonyl (C=O) groups excluding carboxylic acids is 1. The molecule has 0 bridgehead atoms. The molecule has 0 radical (unpaired) electrons. The third kappa shape index (κ3) is 6.42. The van der Waals surface area contributed by atoms with E-state index in [1.54, 1.807) is 0 Å². The minimum Gasteiger partial charge on any atom is -0.480 e. The highest BCUT2D eigenvalue weighted by Gasteiger charge is 2.20. The molecule has 6 nitrogen and oxygen atoms in total. The van der Waals surface area contributed by atoms with Gasteiger partial charge in [0.2, 0.25) is 0 Å². The van der Waals surface area contributed by atoms with Crippen LogP contribution in [0.25, 0.3) is 0 Å². The highest BCUT2D eigenvalue weighted by atomic mass is 16.4. The molecule has 0 saturated carbocycles. The zero-order chi connectivity index (χ0) is 14.3. The lowest BCUT2D eigenvalue weighted by molar-refractivity contribution is -0.139. The Balaban J connectivity index is 2.21. The zero-order valence-electron chi connectivity index (χ0n) is 11.8. The van der Waals surface area contributed by atoms with E-state index in [2.05, 4.69) is 15.5 Å². The Kier molecular flexibility index (Phi) is 6.62. The van der Waals surface area contributed by atoms with Gasteiger partial charge in [-0.15, -0.1) is 0 Å². The van der Waals surface area contributed by atoms with E-state index in [4.69, 9.17) is 5.11 Å². The molecule has 1 heterocycles. The highest BCUT2D eigenvalue weighted by Crippen LogP contribution is 2.06. The molecule has 2 amide bonds. The predicted octanol–water partition coefficient (Wildman–Crippen LogP) is 0.881. The van der Waals surface area contributed by atoms with E-state index in [0.717, 1.165) is 19.6 Å². The largest absolute Gasteiger partial charge is 0.480 e. The van der Waals surface area contributed by atoms with Gasteiger partial charge in [-0.05, 0) is 38.3 Å². The number of likely N-dealkylation sites (tertiary alicyclic amines) is 1. The SMILES string of the molecule is CC(C)CC(NC(=O)NCCN1CCCC1)C(=O)O. The number of rotatable bonds is 7. The highest BCUT2D eigenvalue weighted by molar-refractivity contribution is 5.82. The fourth-order valence-electron chi connectivity index (χ4n) is 2.24. The van der Waals surface area contributed by atoms with Gasteiger partial charge in [0, 0.05) is 13.1 Å². The van der Waals surface area contributed by atoms with Crippen molar-refractivity contribution in [1.29, 1.82) is 0 Å². The number of nitrogens with one attached hydrogen (secondary N) is 2. The van der Waals surface area contributed by atoms with Gasteiger partial charge in [-0.2, -0.15) is 0 Å². The number of urea groups is 1. The molecule has 1 saturated heterocycles. The number of aliphatic carboxylic acids is 1. The van der Waals surface area contributed by atoms with Crippen molar-refractivity contribution in [3.8, 4) is 0 Å². The van der Waals surface area contributed by atoms with Crippen molar-refractivity contribution in [3.05, 3.63) is 0 Å². The molecule has 1 unspecified atom stereocenters. The molecular weight excluding hydrogens is 246 g/mol. The Morgan fingerprint density at radius 2 is 1.89 bits per heavy atom.